The summed E-state index contributed by atoms with van der Waals surface area (Å²) < 4.78 is 0. The second kappa shape index (κ2) is 5.83. The van der Waals surface area contributed by atoms with Crippen molar-refractivity contribution in [1.29, 1.82) is 0 Å². The van der Waals surface area contributed by atoms with Crippen LogP contribution in [0.5, 0.6) is 0 Å². The predicted molar refractivity (Wildman–Crippen MR) is 64.0 cm³/mol. The van der Waals surface area contributed by atoms with Gasteiger partial charge in [-0.2, -0.15) is 0 Å². The van der Waals surface area contributed by atoms with Gasteiger partial charge in [0.15, 0.2) is 0 Å². The number of hydrogen-bond acceptors (Lipinski definition) is 3. The van der Waals surface area contributed by atoms with Gasteiger partial charge in [0.2, 0.25) is 0 Å². The standard InChI is InChI=1S/C12H26N2O/c1-11-5-4-7-14(8-6-11)9-12(2,10-15)13-3/h11,13,15H,4-10H2,1-3H3. The molecule has 0 radical (unpaired) electrons. The molecule has 1 rings (SSSR count). The number of rotatable bonds is 4. The van der Waals surface area contributed by atoms with E-state index >= 15 is 0 Å². The van der Waals surface area contributed by atoms with E-state index in [1.54, 1.807) is 0 Å². The number of nitrogens with one attached hydrogen (secondary N) is 1. The summed E-state index contributed by atoms with van der Waals surface area (Å²) in [4.78, 5) is 2.48. The number of nitrogens with zero attached hydrogens (tertiary/aromatic N) is 1. The van der Waals surface area contributed by atoms with Gasteiger partial charge in [-0.1, -0.05) is 6.92 Å². The molecule has 15 heavy (non-hydrogen) atoms. The third kappa shape index (κ3) is 4.09. The largest absolute Gasteiger partial charge is 0.394 e. The molecule has 3 nitrogen and oxygen atoms in total. The van der Waals surface area contributed by atoms with Gasteiger partial charge in [0, 0.05) is 6.54 Å². The van der Waals surface area contributed by atoms with Crippen LogP contribution in [-0.4, -0.2) is 48.8 Å². The second-order valence-electron chi connectivity index (χ2n) is 5.28. The molecule has 0 aliphatic carbocycles. The molecule has 1 fully saturated rings. The van der Waals surface area contributed by atoms with Gasteiger partial charge in [-0.25, -0.2) is 0 Å². The van der Waals surface area contributed by atoms with Crippen molar-refractivity contribution >= 4 is 0 Å². The van der Waals surface area contributed by atoms with Gasteiger partial charge in [-0.3, -0.25) is 0 Å². The highest BCUT2D eigenvalue weighted by Crippen LogP contribution is 2.18. The molecule has 1 aliphatic heterocycles. The van der Waals surface area contributed by atoms with Crippen molar-refractivity contribution in [2.24, 2.45) is 5.92 Å². The Labute approximate surface area is 93.9 Å². The smallest absolute Gasteiger partial charge is 0.0623 e. The Kier molecular flexibility index (Phi) is 5.03. The van der Waals surface area contributed by atoms with Crippen LogP contribution in [-0.2, 0) is 0 Å². The van der Waals surface area contributed by atoms with Crippen molar-refractivity contribution in [2.75, 3.05) is 33.3 Å². The van der Waals surface area contributed by atoms with E-state index < -0.39 is 0 Å². The maximum atomic E-state index is 9.35. The minimum absolute atomic E-state index is 0.145. The SMILES string of the molecule is CNC(C)(CO)CN1CCCC(C)CC1. The molecule has 1 saturated heterocycles. The van der Waals surface area contributed by atoms with Crippen LogP contribution in [0.1, 0.15) is 33.1 Å². The molecule has 0 aromatic carbocycles. The summed E-state index contributed by atoms with van der Waals surface area (Å²) in [6.45, 7) is 7.94. The molecule has 90 valence electrons. The average Bonchev–Trinajstić information content (AvgIpc) is 2.44. The molecule has 0 amide bonds. The summed E-state index contributed by atoms with van der Waals surface area (Å²) in [5.74, 6) is 0.866. The first-order valence-electron chi connectivity index (χ1n) is 6.12. The monoisotopic (exact) mass is 214 g/mol. The van der Waals surface area contributed by atoms with Crippen LogP contribution in [0.4, 0.5) is 0 Å². The third-order valence-corrected chi connectivity index (χ3v) is 3.63. The van der Waals surface area contributed by atoms with Gasteiger partial charge in [0.25, 0.3) is 0 Å². The van der Waals surface area contributed by atoms with E-state index in [1.165, 1.54) is 32.4 Å². The van der Waals surface area contributed by atoms with E-state index in [2.05, 4.69) is 24.1 Å². The molecule has 0 bridgehead atoms. The van der Waals surface area contributed by atoms with Crippen molar-refractivity contribution < 1.29 is 5.11 Å². The molecule has 1 aliphatic rings. The molecular weight excluding hydrogens is 188 g/mol. The van der Waals surface area contributed by atoms with Crippen molar-refractivity contribution in [3.63, 3.8) is 0 Å². The summed E-state index contributed by atoms with van der Waals surface area (Å²) in [6.07, 6.45) is 3.95. The van der Waals surface area contributed by atoms with Gasteiger partial charge in [0.05, 0.1) is 12.1 Å². The maximum Gasteiger partial charge on any atom is 0.0623 e. The number of aliphatic hydroxyl groups is 1. The lowest BCUT2D eigenvalue weighted by atomic mass is 10.0. The molecular formula is C12H26N2O. The molecule has 0 saturated carbocycles. The molecule has 2 unspecified atom stereocenters. The fourth-order valence-electron chi connectivity index (χ4n) is 2.18. The summed E-state index contributed by atoms with van der Waals surface area (Å²) in [5, 5.41) is 12.6. The Morgan fingerprint density at radius 1 is 1.40 bits per heavy atom. The lowest BCUT2D eigenvalue weighted by Gasteiger charge is -2.33. The zero-order chi connectivity index (χ0) is 11.3. The first kappa shape index (κ1) is 12.9. The Hall–Kier alpha value is -0.120. The normalized spacial score (nSPS) is 28.4. The van der Waals surface area contributed by atoms with Crippen molar-refractivity contribution in [1.82, 2.24) is 10.2 Å². The highest BCUT2D eigenvalue weighted by atomic mass is 16.3. The number of likely N-dealkylation sites (N-methyl/N-ethyl adjacent to an activating group) is 1. The van der Waals surface area contributed by atoms with Crippen LogP contribution in [0.25, 0.3) is 0 Å². The van der Waals surface area contributed by atoms with Crippen LogP contribution in [0.2, 0.25) is 0 Å². The van der Waals surface area contributed by atoms with E-state index in [1.807, 2.05) is 7.05 Å². The Morgan fingerprint density at radius 2 is 2.13 bits per heavy atom. The molecule has 0 spiro atoms. The van der Waals surface area contributed by atoms with Crippen LogP contribution in [0, 0.1) is 5.92 Å². The van der Waals surface area contributed by atoms with Crippen LogP contribution in [0.3, 0.4) is 0 Å². The van der Waals surface area contributed by atoms with Crippen LogP contribution >= 0.6 is 0 Å². The molecule has 1 heterocycles. The quantitative estimate of drug-likeness (QED) is 0.735. The van der Waals surface area contributed by atoms with Gasteiger partial charge < -0.3 is 15.3 Å². The molecule has 0 aromatic heterocycles. The summed E-state index contributed by atoms with van der Waals surface area (Å²) in [7, 11) is 1.93. The van der Waals surface area contributed by atoms with E-state index in [9.17, 15) is 5.11 Å². The molecule has 2 atom stereocenters. The number of hydrogen-bond donors (Lipinski definition) is 2. The molecule has 2 N–H and O–H groups in total. The second-order valence-corrected chi connectivity index (χ2v) is 5.28. The zero-order valence-corrected chi connectivity index (χ0v) is 10.4. The maximum absolute atomic E-state index is 9.35. The topological polar surface area (TPSA) is 35.5 Å². The van der Waals surface area contributed by atoms with E-state index in [0.29, 0.717) is 0 Å². The fraction of sp³-hybridized carbons (Fsp3) is 1.00. The molecule has 3 heteroatoms. The number of likely N-dealkylation sites (tertiary alicyclic amines) is 1. The van der Waals surface area contributed by atoms with Crippen LogP contribution in [0.15, 0.2) is 0 Å². The van der Waals surface area contributed by atoms with E-state index in [-0.39, 0.29) is 12.1 Å². The Morgan fingerprint density at radius 3 is 2.73 bits per heavy atom. The summed E-state index contributed by atoms with van der Waals surface area (Å²) >= 11 is 0. The lowest BCUT2D eigenvalue weighted by Crippen LogP contribution is -2.52. The van der Waals surface area contributed by atoms with Crippen molar-refractivity contribution in [3.8, 4) is 0 Å². The van der Waals surface area contributed by atoms with E-state index in [4.69, 9.17) is 0 Å². The zero-order valence-electron chi connectivity index (χ0n) is 10.4. The highest BCUT2D eigenvalue weighted by Gasteiger charge is 2.25. The van der Waals surface area contributed by atoms with Crippen molar-refractivity contribution in [3.05, 3.63) is 0 Å². The lowest BCUT2D eigenvalue weighted by molar-refractivity contribution is 0.127. The average molecular weight is 214 g/mol. The van der Waals surface area contributed by atoms with Crippen LogP contribution < -0.4 is 5.32 Å². The fourth-order valence-corrected chi connectivity index (χ4v) is 2.18. The van der Waals surface area contributed by atoms with Gasteiger partial charge in [-0.15, -0.1) is 0 Å². The highest BCUT2D eigenvalue weighted by molar-refractivity contribution is 4.85. The Balaban J connectivity index is 2.43. The van der Waals surface area contributed by atoms with Gasteiger partial charge in [0.1, 0.15) is 0 Å². The van der Waals surface area contributed by atoms with Gasteiger partial charge in [-0.05, 0) is 52.2 Å². The third-order valence-electron chi connectivity index (χ3n) is 3.63. The summed E-state index contributed by atoms with van der Waals surface area (Å²) in [5.41, 5.74) is -0.145. The minimum atomic E-state index is -0.145. The first-order chi connectivity index (χ1) is 7.09. The Bertz CT molecular complexity index is 180. The first-order valence-corrected chi connectivity index (χ1v) is 6.12. The van der Waals surface area contributed by atoms with Crippen molar-refractivity contribution in [2.45, 2.75) is 38.6 Å². The summed E-state index contributed by atoms with van der Waals surface area (Å²) in [6, 6.07) is 0. The molecule has 0 aromatic rings. The van der Waals surface area contributed by atoms with E-state index in [0.717, 1.165) is 12.5 Å². The minimum Gasteiger partial charge on any atom is -0.394 e. The number of aliphatic hydroxyl groups excluding tert-OH is 1. The predicted octanol–water partition coefficient (Wildman–Crippen LogP) is 1.08. The van der Waals surface area contributed by atoms with Gasteiger partial charge >= 0.3 is 0 Å².